The fourth-order valence-corrected chi connectivity index (χ4v) is 4.88. The van der Waals surface area contributed by atoms with Crippen molar-refractivity contribution >= 4 is 23.6 Å². The number of nitrogens with two attached hydrogens (primary N) is 1. The van der Waals surface area contributed by atoms with E-state index in [2.05, 4.69) is 6.58 Å². The molecular formula is C23H19N3O3S. The Hall–Kier alpha value is -3.34. The van der Waals surface area contributed by atoms with Gasteiger partial charge in [-0.3, -0.25) is 9.69 Å². The van der Waals surface area contributed by atoms with Crippen LogP contribution in [0.25, 0.3) is 0 Å². The van der Waals surface area contributed by atoms with Gasteiger partial charge in [0.2, 0.25) is 5.91 Å². The van der Waals surface area contributed by atoms with Gasteiger partial charge < -0.3 is 10.5 Å². The molecule has 150 valence electrons. The first-order valence-corrected chi connectivity index (χ1v) is 10.4. The number of fused-ring (bicyclic) bond motifs is 1. The van der Waals surface area contributed by atoms with Crippen molar-refractivity contribution < 1.29 is 14.3 Å². The summed E-state index contributed by atoms with van der Waals surface area (Å²) in [5.41, 5.74) is 8.10. The minimum Gasteiger partial charge on any atom is -0.448 e. The molecule has 1 amide bonds. The van der Waals surface area contributed by atoms with Gasteiger partial charge in [-0.2, -0.15) is 5.26 Å². The van der Waals surface area contributed by atoms with Gasteiger partial charge in [0, 0.05) is 11.3 Å². The maximum Gasteiger partial charge on any atom is 0.356 e. The van der Waals surface area contributed by atoms with E-state index in [9.17, 15) is 14.9 Å². The maximum absolute atomic E-state index is 13.4. The molecule has 2 aliphatic heterocycles. The lowest BCUT2D eigenvalue weighted by Crippen LogP contribution is -2.68. The molecule has 0 aromatic heterocycles. The number of hydrogen-bond donors (Lipinski definition) is 1. The van der Waals surface area contributed by atoms with Gasteiger partial charge >= 0.3 is 5.97 Å². The van der Waals surface area contributed by atoms with Gasteiger partial charge in [0.15, 0.2) is 6.10 Å². The molecule has 2 aromatic rings. The Morgan fingerprint density at radius 2 is 1.73 bits per heavy atom. The van der Waals surface area contributed by atoms with E-state index >= 15 is 0 Å². The number of nitriles is 1. The van der Waals surface area contributed by atoms with E-state index < -0.39 is 18.1 Å². The molecule has 0 bridgehead atoms. The highest BCUT2D eigenvalue weighted by atomic mass is 32.2. The van der Waals surface area contributed by atoms with Crippen molar-refractivity contribution in [1.29, 1.82) is 5.26 Å². The standard InChI is InChI=1S/C23H19N3O3S/c1-14(12-24)17-13-30-22-18(25)21(27)26(22)19(17)23(28)29-20(15-8-4-2-5-9-15)16-10-6-3-7-11-16/h2-11,18,20,22H,1,13,25H2/t18-,22-/m1/s1. The van der Waals surface area contributed by atoms with Crippen LogP contribution in [-0.4, -0.2) is 33.9 Å². The normalized spacial score (nSPS) is 20.3. The lowest BCUT2D eigenvalue weighted by Gasteiger charge is -2.48. The van der Waals surface area contributed by atoms with Crippen LogP contribution < -0.4 is 5.73 Å². The van der Waals surface area contributed by atoms with Crippen molar-refractivity contribution in [3.63, 3.8) is 0 Å². The van der Waals surface area contributed by atoms with Crippen molar-refractivity contribution in [1.82, 2.24) is 4.90 Å². The van der Waals surface area contributed by atoms with E-state index in [1.165, 1.54) is 16.7 Å². The van der Waals surface area contributed by atoms with Gasteiger partial charge in [0.25, 0.3) is 0 Å². The zero-order valence-corrected chi connectivity index (χ0v) is 16.8. The summed E-state index contributed by atoms with van der Waals surface area (Å²) in [7, 11) is 0. The first-order valence-electron chi connectivity index (χ1n) is 9.36. The summed E-state index contributed by atoms with van der Waals surface area (Å²) in [6.45, 7) is 3.74. The molecule has 0 radical (unpaired) electrons. The van der Waals surface area contributed by atoms with Crippen molar-refractivity contribution in [2.24, 2.45) is 5.73 Å². The summed E-state index contributed by atoms with van der Waals surface area (Å²) in [5.74, 6) is -0.677. The molecule has 2 heterocycles. The summed E-state index contributed by atoms with van der Waals surface area (Å²) in [4.78, 5) is 27.1. The third kappa shape index (κ3) is 3.41. The predicted molar refractivity (Wildman–Crippen MR) is 114 cm³/mol. The van der Waals surface area contributed by atoms with Crippen LogP contribution in [0.1, 0.15) is 17.2 Å². The first-order chi connectivity index (χ1) is 14.5. The van der Waals surface area contributed by atoms with E-state index in [1.807, 2.05) is 66.7 Å². The largest absolute Gasteiger partial charge is 0.448 e. The van der Waals surface area contributed by atoms with E-state index in [-0.39, 0.29) is 22.6 Å². The SMILES string of the molecule is C=C(C#N)C1=C(C(=O)OC(c2ccccc2)c2ccccc2)N2C(=O)[C@@H](N)[C@H]2SC1. The van der Waals surface area contributed by atoms with Crippen LogP contribution in [-0.2, 0) is 14.3 Å². The van der Waals surface area contributed by atoms with Gasteiger partial charge in [-0.1, -0.05) is 67.2 Å². The number of carbonyl (C=O) groups excluding carboxylic acids is 2. The van der Waals surface area contributed by atoms with Crippen LogP contribution in [0.5, 0.6) is 0 Å². The lowest BCUT2D eigenvalue weighted by atomic mass is 9.99. The average Bonchev–Trinajstić information content (AvgIpc) is 2.81. The number of rotatable bonds is 5. The number of carbonyl (C=O) groups is 2. The molecule has 0 aliphatic carbocycles. The Labute approximate surface area is 178 Å². The number of esters is 1. The summed E-state index contributed by atoms with van der Waals surface area (Å²) in [6, 6.07) is 20.0. The number of nitrogens with zero attached hydrogens (tertiary/aromatic N) is 2. The molecule has 0 saturated carbocycles. The minimum atomic E-state index is -0.676. The number of β-lactam (4-membered cyclic amide) rings is 1. The molecule has 2 aliphatic rings. The average molecular weight is 417 g/mol. The van der Waals surface area contributed by atoms with Crippen molar-refractivity contribution in [3.05, 3.63) is 95.2 Å². The summed E-state index contributed by atoms with van der Waals surface area (Å²) >= 11 is 1.41. The summed E-state index contributed by atoms with van der Waals surface area (Å²) in [6.07, 6.45) is -0.665. The summed E-state index contributed by atoms with van der Waals surface area (Å²) in [5, 5.41) is 8.99. The molecule has 0 unspecified atom stereocenters. The monoisotopic (exact) mass is 417 g/mol. The Morgan fingerprint density at radius 1 is 1.17 bits per heavy atom. The van der Waals surface area contributed by atoms with Gasteiger partial charge in [-0.05, 0) is 11.1 Å². The molecule has 30 heavy (non-hydrogen) atoms. The number of allylic oxidation sites excluding steroid dienone is 1. The highest BCUT2D eigenvalue weighted by Gasteiger charge is 2.52. The second-order valence-electron chi connectivity index (χ2n) is 6.96. The quantitative estimate of drug-likeness (QED) is 0.457. The molecule has 1 saturated heterocycles. The van der Waals surface area contributed by atoms with Gasteiger partial charge in [-0.15, -0.1) is 11.8 Å². The number of ether oxygens (including phenoxy) is 1. The molecule has 0 spiro atoms. The van der Waals surface area contributed by atoms with Crippen LogP contribution in [0.15, 0.2) is 84.1 Å². The maximum atomic E-state index is 13.4. The van der Waals surface area contributed by atoms with E-state index in [0.717, 1.165) is 11.1 Å². The highest BCUT2D eigenvalue weighted by Crippen LogP contribution is 2.42. The zero-order valence-electron chi connectivity index (χ0n) is 16.0. The number of amides is 1. The summed E-state index contributed by atoms with van der Waals surface area (Å²) < 4.78 is 5.93. The van der Waals surface area contributed by atoms with Crippen LogP contribution in [0.2, 0.25) is 0 Å². The molecule has 2 N–H and O–H groups in total. The molecule has 6 nitrogen and oxygen atoms in total. The van der Waals surface area contributed by atoms with Crippen molar-refractivity contribution in [3.8, 4) is 6.07 Å². The second-order valence-corrected chi connectivity index (χ2v) is 8.06. The number of thioether (sulfide) groups is 1. The van der Waals surface area contributed by atoms with E-state index in [0.29, 0.717) is 11.3 Å². The molecule has 2 aromatic carbocycles. The molecule has 7 heteroatoms. The second kappa shape index (κ2) is 8.19. The third-order valence-electron chi connectivity index (χ3n) is 5.13. The topological polar surface area (TPSA) is 96.4 Å². The Morgan fingerprint density at radius 3 is 2.27 bits per heavy atom. The minimum absolute atomic E-state index is 0.0638. The Kier molecular flexibility index (Phi) is 5.44. The fraction of sp³-hybridized carbons (Fsp3) is 0.174. The van der Waals surface area contributed by atoms with Gasteiger partial charge in [0.1, 0.15) is 17.1 Å². The van der Waals surface area contributed by atoms with E-state index in [4.69, 9.17) is 10.5 Å². The molecule has 1 fully saturated rings. The first kappa shape index (κ1) is 20.0. The molecule has 4 rings (SSSR count). The fourth-order valence-electron chi connectivity index (χ4n) is 3.55. The van der Waals surface area contributed by atoms with Crippen LogP contribution in [0, 0.1) is 11.3 Å². The van der Waals surface area contributed by atoms with Crippen LogP contribution in [0.3, 0.4) is 0 Å². The molecular weight excluding hydrogens is 398 g/mol. The van der Waals surface area contributed by atoms with Gasteiger partial charge in [0.05, 0.1) is 11.6 Å². The van der Waals surface area contributed by atoms with Crippen molar-refractivity contribution in [2.75, 3.05) is 5.75 Å². The molecule has 2 atom stereocenters. The smallest absolute Gasteiger partial charge is 0.356 e. The van der Waals surface area contributed by atoms with Crippen molar-refractivity contribution in [2.45, 2.75) is 17.5 Å². The number of hydrogen-bond acceptors (Lipinski definition) is 6. The van der Waals surface area contributed by atoms with E-state index in [1.54, 1.807) is 0 Å². The Bertz CT molecular complexity index is 1040. The zero-order chi connectivity index (χ0) is 21.3. The third-order valence-corrected chi connectivity index (χ3v) is 6.43. The lowest BCUT2D eigenvalue weighted by molar-refractivity contribution is -0.153. The highest BCUT2D eigenvalue weighted by molar-refractivity contribution is 8.00. The predicted octanol–water partition coefficient (Wildman–Crippen LogP) is 2.90. The van der Waals surface area contributed by atoms with Crippen LogP contribution in [0.4, 0.5) is 0 Å². The van der Waals surface area contributed by atoms with Gasteiger partial charge in [-0.25, -0.2) is 4.79 Å². The number of benzene rings is 2. The Balaban J connectivity index is 1.73. The van der Waals surface area contributed by atoms with Crippen LogP contribution >= 0.6 is 11.8 Å².